The molecule has 3 heteroatoms. The van der Waals surface area contributed by atoms with Crippen LogP contribution in [0.5, 0.6) is 0 Å². The molecule has 1 aromatic heterocycles. The summed E-state index contributed by atoms with van der Waals surface area (Å²) >= 11 is 0. The summed E-state index contributed by atoms with van der Waals surface area (Å²) in [5.41, 5.74) is 0. The second kappa shape index (κ2) is 6.12. The van der Waals surface area contributed by atoms with E-state index in [0.29, 0.717) is 12.1 Å². The fourth-order valence-electron chi connectivity index (χ4n) is 5.28. The lowest BCUT2D eigenvalue weighted by molar-refractivity contribution is 0.135. The van der Waals surface area contributed by atoms with Gasteiger partial charge in [0, 0.05) is 30.5 Å². The summed E-state index contributed by atoms with van der Waals surface area (Å²) in [4.78, 5) is 4.24. The summed E-state index contributed by atoms with van der Waals surface area (Å²) in [6, 6.07) is 2.08. The molecule has 0 bridgehead atoms. The second-order valence-corrected chi connectivity index (χ2v) is 7.60. The van der Waals surface area contributed by atoms with E-state index in [1.54, 1.807) is 0 Å². The van der Waals surface area contributed by atoms with Crippen LogP contribution in [0.25, 0.3) is 0 Å². The molecule has 116 valence electrons. The van der Waals surface area contributed by atoms with Gasteiger partial charge in [0.25, 0.3) is 0 Å². The zero-order valence-corrected chi connectivity index (χ0v) is 13.1. The van der Waals surface area contributed by atoms with E-state index < -0.39 is 0 Å². The Hall–Kier alpha value is -0.830. The van der Waals surface area contributed by atoms with Crippen LogP contribution >= 0.6 is 0 Å². The molecule has 3 aliphatic rings. The van der Waals surface area contributed by atoms with Crippen molar-refractivity contribution >= 4 is 0 Å². The topological polar surface area (TPSA) is 29.9 Å². The van der Waals surface area contributed by atoms with Crippen LogP contribution in [-0.2, 0) is 0 Å². The molecule has 4 rings (SSSR count). The smallest absolute Gasteiger partial charge is 0.0949 e. The SMILES string of the molecule is c1cn(C2CCCC2NC2CCC3CCCCC3C2)cn1. The van der Waals surface area contributed by atoms with Crippen LogP contribution in [0.1, 0.15) is 70.3 Å². The average molecular weight is 287 g/mol. The summed E-state index contributed by atoms with van der Waals surface area (Å²) in [7, 11) is 0. The summed E-state index contributed by atoms with van der Waals surface area (Å²) < 4.78 is 2.33. The van der Waals surface area contributed by atoms with Gasteiger partial charge in [0.15, 0.2) is 0 Å². The normalized spacial score (nSPS) is 40.1. The Morgan fingerprint density at radius 2 is 1.81 bits per heavy atom. The summed E-state index contributed by atoms with van der Waals surface area (Å²) in [6.07, 6.45) is 20.4. The highest BCUT2D eigenvalue weighted by Crippen LogP contribution is 2.41. The fraction of sp³-hybridized carbons (Fsp3) is 0.833. The fourth-order valence-corrected chi connectivity index (χ4v) is 5.28. The Morgan fingerprint density at radius 1 is 0.905 bits per heavy atom. The predicted molar refractivity (Wildman–Crippen MR) is 85.1 cm³/mol. The molecule has 1 N–H and O–H groups in total. The van der Waals surface area contributed by atoms with Crippen molar-refractivity contribution < 1.29 is 0 Å². The molecular weight excluding hydrogens is 258 g/mol. The number of hydrogen-bond acceptors (Lipinski definition) is 2. The Labute approximate surface area is 128 Å². The van der Waals surface area contributed by atoms with Crippen LogP contribution < -0.4 is 5.32 Å². The number of nitrogens with one attached hydrogen (secondary N) is 1. The molecule has 0 radical (unpaired) electrons. The zero-order chi connectivity index (χ0) is 14.1. The third-order valence-electron chi connectivity index (χ3n) is 6.38. The van der Waals surface area contributed by atoms with Gasteiger partial charge in [-0.2, -0.15) is 0 Å². The minimum atomic E-state index is 0.636. The van der Waals surface area contributed by atoms with Gasteiger partial charge in [-0.25, -0.2) is 4.98 Å². The third kappa shape index (κ3) is 2.90. The molecular formula is C18H29N3. The first kappa shape index (κ1) is 13.8. The highest BCUT2D eigenvalue weighted by Gasteiger charge is 2.35. The highest BCUT2D eigenvalue weighted by molar-refractivity contribution is 4.95. The molecule has 3 nitrogen and oxygen atoms in total. The van der Waals surface area contributed by atoms with Gasteiger partial charge in [-0.1, -0.05) is 25.7 Å². The monoisotopic (exact) mass is 287 g/mol. The van der Waals surface area contributed by atoms with Crippen LogP contribution in [-0.4, -0.2) is 21.6 Å². The molecule has 5 atom stereocenters. The molecule has 3 aliphatic carbocycles. The van der Waals surface area contributed by atoms with E-state index in [-0.39, 0.29) is 0 Å². The molecule has 0 aromatic carbocycles. The molecule has 5 unspecified atom stereocenters. The van der Waals surface area contributed by atoms with Gasteiger partial charge in [0.05, 0.1) is 6.33 Å². The van der Waals surface area contributed by atoms with Crippen molar-refractivity contribution in [3.8, 4) is 0 Å². The predicted octanol–water partition coefficient (Wildman–Crippen LogP) is 3.93. The van der Waals surface area contributed by atoms with E-state index >= 15 is 0 Å². The molecule has 3 saturated carbocycles. The van der Waals surface area contributed by atoms with Gasteiger partial charge in [-0.15, -0.1) is 0 Å². The average Bonchev–Trinajstić information content (AvgIpc) is 3.18. The largest absolute Gasteiger partial charge is 0.333 e. The van der Waals surface area contributed by atoms with Gasteiger partial charge >= 0.3 is 0 Å². The van der Waals surface area contributed by atoms with Gasteiger partial charge < -0.3 is 9.88 Å². The second-order valence-electron chi connectivity index (χ2n) is 7.60. The molecule has 1 aromatic rings. The van der Waals surface area contributed by atoms with Crippen LogP contribution in [0.15, 0.2) is 18.7 Å². The lowest BCUT2D eigenvalue weighted by Crippen LogP contribution is -2.45. The van der Waals surface area contributed by atoms with Gasteiger partial charge in [-0.05, 0) is 50.4 Å². The number of aromatic nitrogens is 2. The van der Waals surface area contributed by atoms with Crippen molar-refractivity contribution in [3.63, 3.8) is 0 Å². The highest BCUT2D eigenvalue weighted by atomic mass is 15.1. The number of hydrogen-bond donors (Lipinski definition) is 1. The molecule has 0 saturated heterocycles. The van der Waals surface area contributed by atoms with Crippen molar-refractivity contribution in [1.29, 1.82) is 0 Å². The minimum Gasteiger partial charge on any atom is -0.333 e. The summed E-state index contributed by atoms with van der Waals surface area (Å²) in [5, 5.41) is 4.04. The lowest BCUT2D eigenvalue weighted by Gasteiger charge is -2.41. The number of imidazole rings is 1. The first-order valence-electron chi connectivity index (χ1n) is 9.13. The van der Waals surface area contributed by atoms with Gasteiger partial charge in [0.1, 0.15) is 0 Å². The Bertz CT molecular complexity index is 441. The Morgan fingerprint density at radius 3 is 2.67 bits per heavy atom. The molecule has 0 amide bonds. The van der Waals surface area contributed by atoms with Crippen molar-refractivity contribution in [2.45, 2.75) is 82.3 Å². The van der Waals surface area contributed by atoms with E-state index in [1.165, 1.54) is 64.2 Å². The standard InChI is InChI=1S/C18H29N3/c1-2-5-15-12-16(9-8-14(15)4-1)20-17-6-3-7-18(17)21-11-10-19-13-21/h10-11,13-18,20H,1-9,12H2. The quantitative estimate of drug-likeness (QED) is 0.913. The van der Waals surface area contributed by atoms with Gasteiger partial charge in [-0.3, -0.25) is 0 Å². The Balaban J connectivity index is 1.37. The van der Waals surface area contributed by atoms with Crippen molar-refractivity contribution in [2.24, 2.45) is 11.8 Å². The maximum absolute atomic E-state index is 4.24. The molecule has 1 heterocycles. The number of fused-ring (bicyclic) bond motifs is 1. The van der Waals surface area contributed by atoms with Crippen molar-refractivity contribution in [2.75, 3.05) is 0 Å². The minimum absolute atomic E-state index is 0.636. The molecule has 21 heavy (non-hydrogen) atoms. The number of nitrogens with zero attached hydrogens (tertiary/aromatic N) is 2. The van der Waals surface area contributed by atoms with Crippen LogP contribution in [0.4, 0.5) is 0 Å². The van der Waals surface area contributed by atoms with E-state index in [0.717, 1.165) is 17.9 Å². The van der Waals surface area contributed by atoms with Crippen LogP contribution in [0.3, 0.4) is 0 Å². The lowest BCUT2D eigenvalue weighted by atomic mass is 9.69. The van der Waals surface area contributed by atoms with Gasteiger partial charge in [0.2, 0.25) is 0 Å². The van der Waals surface area contributed by atoms with E-state index in [1.807, 2.05) is 12.5 Å². The van der Waals surface area contributed by atoms with E-state index in [2.05, 4.69) is 21.1 Å². The van der Waals surface area contributed by atoms with Crippen molar-refractivity contribution in [3.05, 3.63) is 18.7 Å². The van der Waals surface area contributed by atoms with Crippen molar-refractivity contribution in [1.82, 2.24) is 14.9 Å². The summed E-state index contributed by atoms with van der Waals surface area (Å²) in [5.74, 6) is 2.09. The maximum Gasteiger partial charge on any atom is 0.0949 e. The van der Waals surface area contributed by atoms with Crippen LogP contribution in [0.2, 0.25) is 0 Å². The number of rotatable bonds is 3. The molecule has 0 aliphatic heterocycles. The molecule has 0 spiro atoms. The summed E-state index contributed by atoms with van der Waals surface area (Å²) in [6.45, 7) is 0. The first-order chi connectivity index (χ1) is 10.4. The third-order valence-corrected chi connectivity index (χ3v) is 6.38. The zero-order valence-electron chi connectivity index (χ0n) is 13.1. The molecule has 3 fully saturated rings. The van der Waals surface area contributed by atoms with E-state index in [9.17, 15) is 0 Å². The maximum atomic E-state index is 4.24. The first-order valence-corrected chi connectivity index (χ1v) is 9.13. The van der Waals surface area contributed by atoms with E-state index in [4.69, 9.17) is 0 Å². The Kier molecular flexibility index (Phi) is 4.02. The van der Waals surface area contributed by atoms with Crippen LogP contribution in [0, 0.1) is 11.8 Å².